The molecule has 0 aliphatic carbocycles. The van der Waals surface area contributed by atoms with Crippen molar-refractivity contribution in [1.82, 2.24) is 24.3 Å². The molecule has 0 spiro atoms. The van der Waals surface area contributed by atoms with Crippen LogP contribution in [0.5, 0.6) is 0 Å². The highest BCUT2D eigenvalue weighted by Gasteiger charge is 2.36. The Morgan fingerprint density at radius 2 is 2.15 bits per heavy atom. The number of hydrogen-bond acceptors (Lipinski definition) is 5. The second-order valence-electron chi connectivity index (χ2n) is 6.22. The molecule has 0 saturated carbocycles. The number of rotatable bonds is 3. The normalized spacial score (nSPS) is 14.2. The van der Waals surface area contributed by atoms with Crippen LogP contribution in [0.15, 0.2) is 17.6 Å². The van der Waals surface area contributed by atoms with Crippen LogP contribution >= 0.6 is 11.3 Å². The first-order valence-electron chi connectivity index (χ1n) is 8.28. The van der Waals surface area contributed by atoms with E-state index in [-0.39, 0.29) is 16.5 Å². The van der Waals surface area contributed by atoms with Crippen LogP contribution < -0.4 is 5.32 Å². The number of imidazole rings is 1. The number of nitrogens with zero attached hydrogens (tertiary/aromatic N) is 5. The van der Waals surface area contributed by atoms with Crippen molar-refractivity contribution in [2.75, 3.05) is 5.32 Å². The van der Waals surface area contributed by atoms with Gasteiger partial charge in [-0.1, -0.05) is 0 Å². The van der Waals surface area contributed by atoms with Crippen molar-refractivity contribution in [3.05, 3.63) is 40.5 Å². The molecule has 1 aliphatic rings. The first-order valence-corrected chi connectivity index (χ1v) is 9.16. The van der Waals surface area contributed by atoms with Crippen molar-refractivity contribution >= 4 is 23.1 Å². The zero-order chi connectivity index (χ0) is 19.2. The molecule has 1 N–H and O–H groups in total. The number of carbonyl (C=O) groups excluding carboxylic acids is 1. The van der Waals surface area contributed by atoms with Gasteiger partial charge in [0.1, 0.15) is 17.3 Å². The molecule has 4 heterocycles. The Bertz CT molecular complexity index is 1000. The number of aryl methyl sites for hydroxylation is 2. The van der Waals surface area contributed by atoms with Gasteiger partial charge in [0.15, 0.2) is 5.69 Å². The molecule has 142 valence electrons. The molecule has 0 bridgehead atoms. The van der Waals surface area contributed by atoms with Crippen LogP contribution in [0.1, 0.15) is 40.5 Å². The molecule has 3 aromatic rings. The Labute approximate surface area is 155 Å². The van der Waals surface area contributed by atoms with Crippen LogP contribution in [-0.4, -0.2) is 30.2 Å². The molecule has 3 aromatic heterocycles. The predicted molar refractivity (Wildman–Crippen MR) is 92.1 cm³/mol. The van der Waals surface area contributed by atoms with E-state index in [0.29, 0.717) is 5.82 Å². The summed E-state index contributed by atoms with van der Waals surface area (Å²) in [6.07, 6.45) is -0.0529. The van der Waals surface area contributed by atoms with Crippen LogP contribution in [0.2, 0.25) is 0 Å². The number of carbonyl (C=O) groups is 1. The second kappa shape index (κ2) is 6.48. The molecule has 0 unspecified atom stereocenters. The van der Waals surface area contributed by atoms with Crippen molar-refractivity contribution in [2.24, 2.45) is 0 Å². The van der Waals surface area contributed by atoms with Gasteiger partial charge in [0, 0.05) is 18.3 Å². The maximum absolute atomic E-state index is 13.2. The van der Waals surface area contributed by atoms with Crippen LogP contribution in [0.25, 0.3) is 5.13 Å². The summed E-state index contributed by atoms with van der Waals surface area (Å²) in [5.41, 5.74) is -0.678. The van der Waals surface area contributed by atoms with Crippen molar-refractivity contribution in [2.45, 2.75) is 38.9 Å². The molecule has 0 saturated heterocycles. The summed E-state index contributed by atoms with van der Waals surface area (Å²) in [6, 6.07) is 0.944. The zero-order valence-corrected chi connectivity index (χ0v) is 15.1. The minimum Gasteiger partial charge on any atom is -0.315 e. The number of halogens is 3. The van der Waals surface area contributed by atoms with E-state index in [2.05, 4.69) is 20.4 Å². The van der Waals surface area contributed by atoms with Crippen LogP contribution in [0, 0.1) is 6.92 Å². The molecular weight excluding hydrogens is 381 g/mol. The van der Waals surface area contributed by atoms with E-state index in [4.69, 9.17) is 0 Å². The third-order valence-corrected chi connectivity index (χ3v) is 5.06. The lowest BCUT2D eigenvalue weighted by Gasteiger charge is -2.16. The Morgan fingerprint density at radius 1 is 1.33 bits per heavy atom. The van der Waals surface area contributed by atoms with Gasteiger partial charge in [-0.05, 0) is 25.8 Å². The van der Waals surface area contributed by atoms with Gasteiger partial charge in [0.05, 0.1) is 11.9 Å². The van der Waals surface area contributed by atoms with Crippen LogP contribution in [0.3, 0.4) is 0 Å². The molecule has 11 heteroatoms. The summed E-state index contributed by atoms with van der Waals surface area (Å²) in [5, 5.41) is 7.98. The fourth-order valence-corrected chi connectivity index (χ4v) is 3.78. The molecular formula is C16H15F3N6OS. The lowest BCUT2D eigenvalue weighted by atomic mass is 10.2. The van der Waals surface area contributed by atoms with E-state index in [0.717, 1.165) is 53.7 Å². The minimum absolute atomic E-state index is 0.0177. The summed E-state index contributed by atoms with van der Waals surface area (Å²) in [7, 11) is 0. The Hall–Kier alpha value is -2.69. The molecule has 4 rings (SSSR count). The number of nitrogens with one attached hydrogen (secondary N) is 1. The average Bonchev–Trinajstić information content (AvgIpc) is 3.32. The molecule has 0 radical (unpaired) electrons. The number of thiazole rings is 1. The van der Waals surface area contributed by atoms with E-state index in [1.165, 1.54) is 12.3 Å². The summed E-state index contributed by atoms with van der Waals surface area (Å²) >= 11 is 0.922. The highest BCUT2D eigenvalue weighted by atomic mass is 32.1. The molecule has 1 amide bonds. The third kappa shape index (κ3) is 3.34. The van der Waals surface area contributed by atoms with Gasteiger partial charge in [-0.3, -0.25) is 4.79 Å². The third-order valence-electron chi connectivity index (χ3n) is 4.24. The fourth-order valence-electron chi connectivity index (χ4n) is 3.01. The maximum Gasteiger partial charge on any atom is 0.433 e. The van der Waals surface area contributed by atoms with Gasteiger partial charge in [-0.25, -0.2) is 14.6 Å². The topological polar surface area (TPSA) is 77.6 Å². The first kappa shape index (κ1) is 17.7. The Balaban J connectivity index is 1.58. The monoisotopic (exact) mass is 396 g/mol. The molecule has 0 fully saturated rings. The van der Waals surface area contributed by atoms with E-state index < -0.39 is 17.8 Å². The van der Waals surface area contributed by atoms with Crippen LogP contribution in [-0.2, 0) is 19.1 Å². The summed E-state index contributed by atoms with van der Waals surface area (Å²) in [6.45, 7) is 2.24. The average molecular weight is 396 g/mol. The standard InChI is InChI=1S/C16H15F3N6OS/c1-9-6-11(16(17,18)19)25(23-9)15-21-10(8-27-15)14(26)22-13-7-20-12-4-2-3-5-24(12)13/h6-8H,2-5H2,1H3,(H,22,26). The Morgan fingerprint density at radius 3 is 2.93 bits per heavy atom. The number of fused-ring (bicyclic) bond motifs is 1. The molecule has 0 aromatic carbocycles. The van der Waals surface area contributed by atoms with Gasteiger partial charge in [-0.15, -0.1) is 11.3 Å². The molecule has 27 heavy (non-hydrogen) atoms. The van der Waals surface area contributed by atoms with Gasteiger partial charge in [-0.2, -0.15) is 18.3 Å². The lowest BCUT2D eigenvalue weighted by Crippen LogP contribution is -2.18. The van der Waals surface area contributed by atoms with Crippen LogP contribution in [0.4, 0.5) is 19.0 Å². The predicted octanol–water partition coefficient (Wildman–Crippen LogP) is 3.44. The largest absolute Gasteiger partial charge is 0.433 e. The summed E-state index contributed by atoms with van der Waals surface area (Å²) in [5.74, 6) is 0.982. The second-order valence-corrected chi connectivity index (χ2v) is 7.05. The molecule has 7 nitrogen and oxygen atoms in total. The molecule has 1 aliphatic heterocycles. The van der Waals surface area contributed by atoms with Gasteiger partial charge >= 0.3 is 6.18 Å². The number of hydrogen-bond donors (Lipinski definition) is 1. The number of amides is 1. The van der Waals surface area contributed by atoms with Crippen molar-refractivity contribution in [3.8, 4) is 5.13 Å². The van der Waals surface area contributed by atoms with E-state index in [1.807, 2.05) is 4.57 Å². The molecule has 0 atom stereocenters. The van der Waals surface area contributed by atoms with Gasteiger partial charge in [0.2, 0.25) is 5.13 Å². The fraction of sp³-hybridized carbons (Fsp3) is 0.375. The maximum atomic E-state index is 13.2. The summed E-state index contributed by atoms with van der Waals surface area (Å²) < 4.78 is 42.1. The quantitative estimate of drug-likeness (QED) is 0.736. The number of aromatic nitrogens is 5. The van der Waals surface area contributed by atoms with Crippen molar-refractivity contribution < 1.29 is 18.0 Å². The van der Waals surface area contributed by atoms with Gasteiger partial charge in [0.25, 0.3) is 5.91 Å². The SMILES string of the molecule is Cc1cc(C(F)(F)F)n(-c2nc(C(=O)Nc3cnc4n3CCCC4)cs2)n1. The van der Waals surface area contributed by atoms with E-state index in [9.17, 15) is 18.0 Å². The smallest absolute Gasteiger partial charge is 0.315 e. The van der Waals surface area contributed by atoms with Crippen molar-refractivity contribution in [1.29, 1.82) is 0 Å². The first-order chi connectivity index (χ1) is 12.8. The highest BCUT2D eigenvalue weighted by molar-refractivity contribution is 7.12. The van der Waals surface area contributed by atoms with E-state index >= 15 is 0 Å². The highest BCUT2D eigenvalue weighted by Crippen LogP contribution is 2.32. The zero-order valence-electron chi connectivity index (χ0n) is 14.2. The van der Waals surface area contributed by atoms with Gasteiger partial charge < -0.3 is 9.88 Å². The lowest BCUT2D eigenvalue weighted by molar-refractivity contribution is -0.142. The Kier molecular flexibility index (Phi) is 4.25. The minimum atomic E-state index is -4.56. The number of alkyl halides is 3. The summed E-state index contributed by atoms with van der Waals surface area (Å²) in [4.78, 5) is 20.8. The number of anilines is 1. The van der Waals surface area contributed by atoms with Crippen molar-refractivity contribution in [3.63, 3.8) is 0 Å². The van der Waals surface area contributed by atoms with E-state index in [1.54, 1.807) is 6.20 Å².